The molecular formula is C19H18Cl2N2O4. The molecule has 1 atom stereocenters. The summed E-state index contributed by atoms with van der Waals surface area (Å²) in [5, 5.41) is 5.71. The summed E-state index contributed by atoms with van der Waals surface area (Å²) in [5.41, 5.74) is 1.18. The quantitative estimate of drug-likeness (QED) is 0.688. The maximum Gasteiger partial charge on any atom is 0.326 e. The van der Waals surface area contributed by atoms with Crippen molar-refractivity contribution in [3.8, 4) is 0 Å². The number of halogens is 2. The van der Waals surface area contributed by atoms with Crippen LogP contribution >= 0.6 is 23.2 Å². The highest BCUT2D eigenvalue weighted by Gasteiger charge is 2.19. The molecule has 0 aliphatic carbocycles. The van der Waals surface area contributed by atoms with Crippen LogP contribution in [0, 0.1) is 0 Å². The highest BCUT2D eigenvalue weighted by Crippen LogP contribution is 2.25. The molecule has 0 saturated carbocycles. The van der Waals surface area contributed by atoms with Gasteiger partial charge in [-0.15, -0.1) is 0 Å². The maximum atomic E-state index is 12.1. The Hall–Kier alpha value is -2.57. The van der Waals surface area contributed by atoms with Crippen molar-refractivity contribution in [1.29, 1.82) is 0 Å². The topological polar surface area (TPSA) is 84.5 Å². The highest BCUT2D eigenvalue weighted by molar-refractivity contribution is 6.36. The Morgan fingerprint density at radius 1 is 1.07 bits per heavy atom. The molecule has 0 bridgehead atoms. The smallest absolute Gasteiger partial charge is 0.326 e. The number of rotatable bonds is 7. The lowest BCUT2D eigenvalue weighted by Gasteiger charge is -2.14. The predicted octanol–water partition coefficient (Wildman–Crippen LogP) is 3.22. The van der Waals surface area contributed by atoms with Crippen LogP contribution in [0.2, 0.25) is 10.0 Å². The molecule has 142 valence electrons. The summed E-state index contributed by atoms with van der Waals surface area (Å²) < 4.78 is 5.01. The number of anilines is 1. The number of carbonyl (C=O) groups is 3. The van der Waals surface area contributed by atoms with E-state index in [-0.39, 0.29) is 23.9 Å². The molecule has 0 aromatic heterocycles. The third-order valence-electron chi connectivity index (χ3n) is 3.50. The normalized spacial score (nSPS) is 11.4. The molecule has 0 aliphatic rings. The van der Waals surface area contributed by atoms with Gasteiger partial charge in [0.15, 0.2) is 6.10 Å². The number of carbonyl (C=O) groups excluding carboxylic acids is 3. The molecule has 27 heavy (non-hydrogen) atoms. The summed E-state index contributed by atoms with van der Waals surface area (Å²) in [6.45, 7) is 1.09. The summed E-state index contributed by atoms with van der Waals surface area (Å²) in [7, 11) is 0. The molecule has 0 heterocycles. The molecule has 0 spiro atoms. The first-order valence-electron chi connectivity index (χ1n) is 8.11. The van der Waals surface area contributed by atoms with Crippen LogP contribution in [-0.2, 0) is 25.5 Å². The Bertz CT molecular complexity index is 828. The van der Waals surface area contributed by atoms with Gasteiger partial charge < -0.3 is 15.4 Å². The van der Waals surface area contributed by atoms with Gasteiger partial charge in [-0.2, -0.15) is 0 Å². The number of hydrogen-bond acceptors (Lipinski definition) is 4. The minimum Gasteiger partial charge on any atom is -0.451 e. The van der Waals surface area contributed by atoms with Crippen molar-refractivity contribution >= 4 is 46.7 Å². The molecule has 2 amide bonds. The average molecular weight is 409 g/mol. The zero-order chi connectivity index (χ0) is 19.8. The van der Waals surface area contributed by atoms with E-state index >= 15 is 0 Å². The van der Waals surface area contributed by atoms with Gasteiger partial charge in [0.2, 0.25) is 5.91 Å². The second-order valence-corrected chi connectivity index (χ2v) is 6.53. The first kappa shape index (κ1) is 20.7. The van der Waals surface area contributed by atoms with Crippen LogP contribution in [0.3, 0.4) is 0 Å². The standard InChI is InChI=1S/C19H18Cl2N2O4/c1-12(19(26)23-16-8-7-14(20)10-15(16)21)27-18(25)11-22-17(24)9-13-5-3-2-4-6-13/h2-8,10,12H,9,11H2,1H3,(H,22,24)(H,23,26)/t12-/m1/s1. The van der Waals surface area contributed by atoms with Crippen LogP contribution in [0.4, 0.5) is 5.69 Å². The lowest BCUT2D eigenvalue weighted by Crippen LogP contribution is -2.36. The van der Waals surface area contributed by atoms with Crippen molar-refractivity contribution < 1.29 is 19.1 Å². The molecule has 2 aromatic carbocycles. The lowest BCUT2D eigenvalue weighted by atomic mass is 10.1. The SMILES string of the molecule is C[C@@H](OC(=O)CNC(=O)Cc1ccccc1)C(=O)Nc1ccc(Cl)cc1Cl. The predicted molar refractivity (Wildman–Crippen MR) is 104 cm³/mol. The van der Waals surface area contributed by atoms with Gasteiger partial charge in [0.1, 0.15) is 6.54 Å². The number of amides is 2. The molecule has 0 fully saturated rings. The number of esters is 1. The molecule has 0 aliphatic heterocycles. The molecule has 0 radical (unpaired) electrons. The Morgan fingerprint density at radius 2 is 1.78 bits per heavy atom. The van der Waals surface area contributed by atoms with Crippen LogP contribution in [0.5, 0.6) is 0 Å². The molecule has 6 nitrogen and oxygen atoms in total. The zero-order valence-electron chi connectivity index (χ0n) is 14.5. The monoisotopic (exact) mass is 408 g/mol. The summed E-state index contributed by atoms with van der Waals surface area (Å²) >= 11 is 11.8. The van der Waals surface area contributed by atoms with Gasteiger partial charge in [0.25, 0.3) is 5.91 Å². The summed E-state index contributed by atoms with van der Waals surface area (Å²) in [6, 6.07) is 13.7. The number of nitrogens with one attached hydrogen (secondary N) is 2. The first-order chi connectivity index (χ1) is 12.8. The van der Waals surface area contributed by atoms with Gasteiger partial charge in [-0.3, -0.25) is 14.4 Å². The second kappa shape index (κ2) is 9.94. The van der Waals surface area contributed by atoms with Gasteiger partial charge in [-0.1, -0.05) is 53.5 Å². The van der Waals surface area contributed by atoms with E-state index in [0.717, 1.165) is 5.56 Å². The fourth-order valence-corrected chi connectivity index (χ4v) is 2.59. The second-order valence-electron chi connectivity index (χ2n) is 5.68. The van der Waals surface area contributed by atoms with Crippen molar-refractivity contribution in [3.63, 3.8) is 0 Å². The van der Waals surface area contributed by atoms with Gasteiger partial charge in [-0.05, 0) is 30.7 Å². The van der Waals surface area contributed by atoms with E-state index in [2.05, 4.69) is 10.6 Å². The molecule has 8 heteroatoms. The van der Waals surface area contributed by atoms with Crippen LogP contribution in [0.15, 0.2) is 48.5 Å². The summed E-state index contributed by atoms with van der Waals surface area (Å²) in [5.74, 6) is -1.59. The summed E-state index contributed by atoms with van der Waals surface area (Å²) in [6.07, 6.45) is -0.908. The Labute approximate surface area is 166 Å². The van der Waals surface area contributed by atoms with Crippen molar-refractivity contribution in [2.75, 3.05) is 11.9 Å². The van der Waals surface area contributed by atoms with E-state index in [4.69, 9.17) is 27.9 Å². The van der Waals surface area contributed by atoms with Crippen molar-refractivity contribution in [3.05, 3.63) is 64.1 Å². The van der Waals surface area contributed by atoms with Crippen LogP contribution in [0.25, 0.3) is 0 Å². The third-order valence-corrected chi connectivity index (χ3v) is 4.05. The molecule has 0 unspecified atom stereocenters. The van der Waals surface area contributed by atoms with Crippen molar-refractivity contribution in [1.82, 2.24) is 5.32 Å². The Balaban J connectivity index is 1.77. The van der Waals surface area contributed by atoms with Crippen molar-refractivity contribution in [2.45, 2.75) is 19.4 Å². The van der Waals surface area contributed by atoms with E-state index < -0.39 is 18.0 Å². The van der Waals surface area contributed by atoms with Gasteiger partial charge in [-0.25, -0.2) is 0 Å². The van der Waals surface area contributed by atoms with Crippen LogP contribution in [0.1, 0.15) is 12.5 Å². The lowest BCUT2D eigenvalue weighted by molar-refractivity contribution is -0.152. The fourth-order valence-electron chi connectivity index (χ4n) is 2.13. The first-order valence-corrected chi connectivity index (χ1v) is 8.87. The largest absolute Gasteiger partial charge is 0.451 e. The van der Waals surface area contributed by atoms with E-state index in [9.17, 15) is 14.4 Å². The van der Waals surface area contributed by atoms with Gasteiger partial charge in [0.05, 0.1) is 17.1 Å². The van der Waals surface area contributed by atoms with E-state index in [0.29, 0.717) is 10.7 Å². The summed E-state index contributed by atoms with van der Waals surface area (Å²) in [4.78, 5) is 35.7. The van der Waals surface area contributed by atoms with E-state index in [1.54, 1.807) is 12.1 Å². The number of hydrogen-bond donors (Lipinski definition) is 2. The number of ether oxygens (including phenoxy) is 1. The maximum absolute atomic E-state index is 12.1. The Kier molecular flexibility index (Phi) is 7.64. The highest BCUT2D eigenvalue weighted by atomic mass is 35.5. The average Bonchev–Trinajstić information content (AvgIpc) is 2.63. The molecule has 2 N–H and O–H groups in total. The Morgan fingerprint density at radius 3 is 2.44 bits per heavy atom. The molecule has 2 rings (SSSR count). The third kappa shape index (κ3) is 6.92. The fraction of sp³-hybridized carbons (Fsp3) is 0.211. The molecular weight excluding hydrogens is 391 g/mol. The van der Waals surface area contributed by atoms with Gasteiger partial charge in [0, 0.05) is 5.02 Å². The van der Waals surface area contributed by atoms with Crippen LogP contribution < -0.4 is 10.6 Å². The zero-order valence-corrected chi connectivity index (χ0v) is 16.0. The molecule has 2 aromatic rings. The van der Waals surface area contributed by atoms with E-state index in [1.807, 2.05) is 30.3 Å². The van der Waals surface area contributed by atoms with E-state index in [1.165, 1.54) is 13.0 Å². The minimum atomic E-state index is -1.06. The minimum absolute atomic E-state index is 0.152. The molecule has 0 saturated heterocycles. The number of benzene rings is 2. The van der Waals surface area contributed by atoms with Crippen LogP contribution in [-0.4, -0.2) is 30.4 Å². The van der Waals surface area contributed by atoms with Crippen molar-refractivity contribution in [2.24, 2.45) is 0 Å². The van der Waals surface area contributed by atoms with Gasteiger partial charge >= 0.3 is 5.97 Å².